The van der Waals surface area contributed by atoms with Crippen LogP contribution < -0.4 is 10.1 Å². The van der Waals surface area contributed by atoms with Crippen LogP contribution >= 0.6 is 11.3 Å². The number of methoxy groups -OCH3 is 1. The first-order chi connectivity index (χ1) is 13.0. The highest BCUT2D eigenvalue weighted by Gasteiger charge is 2.16. The van der Waals surface area contributed by atoms with Crippen LogP contribution in [0.4, 0.5) is 10.1 Å². The van der Waals surface area contributed by atoms with Gasteiger partial charge in [-0.25, -0.2) is 9.37 Å². The molecule has 1 amide bonds. The van der Waals surface area contributed by atoms with Gasteiger partial charge in [0, 0.05) is 22.8 Å². The number of nitrogens with zero attached hydrogens (tertiary/aromatic N) is 2. The molecule has 7 heteroatoms. The van der Waals surface area contributed by atoms with Gasteiger partial charge in [-0.3, -0.25) is 9.20 Å². The van der Waals surface area contributed by atoms with Crippen molar-refractivity contribution in [2.75, 3.05) is 12.4 Å². The molecular weight excluding hydrogens is 365 g/mol. The van der Waals surface area contributed by atoms with E-state index in [-0.39, 0.29) is 11.7 Å². The molecule has 0 aliphatic heterocycles. The molecule has 0 unspecified atom stereocenters. The number of benzene rings is 2. The first kappa shape index (κ1) is 17.2. The second-order valence-corrected chi connectivity index (χ2v) is 6.89. The fourth-order valence-electron chi connectivity index (χ4n) is 2.73. The lowest BCUT2D eigenvalue weighted by Gasteiger charge is -2.05. The first-order valence-corrected chi connectivity index (χ1v) is 9.11. The minimum Gasteiger partial charge on any atom is -0.497 e. The number of imidazole rings is 1. The number of hydrogen-bond acceptors (Lipinski definition) is 4. The van der Waals surface area contributed by atoms with Crippen LogP contribution in [-0.4, -0.2) is 22.4 Å². The third-order valence-corrected chi connectivity index (χ3v) is 5.08. The van der Waals surface area contributed by atoms with Gasteiger partial charge in [-0.15, -0.1) is 11.3 Å². The number of aryl methyl sites for hydroxylation is 1. The van der Waals surface area contributed by atoms with Gasteiger partial charge in [0.05, 0.1) is 12.8 Å². The van der Waals surface area contributed by atoms with Crippen LogP contribution in [0.1, 0.15) is 16.1 Å². The van der Waals surface area contributed by atoms with Crippen molar-refractivity contribution in [2.24, 2.45) is 0 Å². The van der Waals surface area contributed by atoms with Crippen LogP contribution in [0.2, 0.25) is 0 Å². The number of thiazole rings is 1. The number of ether oxygens (including phenoxy) is 1. The molecule has 0 radical (unpaired) electrons. The molecule has 2 heterocycles. The monoisotopic (exact) mass is 381 g/mol. The van der Waals surface area contributed by atoms with E-state index in [0.29, 0.717) is 21.9 Å². The highest BCUT2D eigenvalue weighted by Crippen LogP contribution is 2.26. The average Bonchev–Trinajstić information content (AvgIpc) is 3.25. The maximum absolute atomic E-state index is 13.7. The lowest BCUT2D eigenvalue weighted by molar-refractivity contribution is 0.102. The number of halogens is 1. The molecule has 0 aliphatic carbocycles. The summed E-state index contributed by atoms with van der Waals surface area (Å²) in [5.74, 6) is 0.0634. The first-order valence-electron chi connectivity index (χ1n) is 8.23. The van der Waals surface area contributed by atoms with Crippen molar-refractivity contribution in [1.29, 1.82) is 0 Å². The summed E-state index contributed by atoms with van der Waals surface area (Å²) in [5.41, 5.74) is 3.03. The zero-order valence-electron chi connectivity index (χ0n) is 14.7. The Morgan fingerprint density at radius 1 is 1.26 bits per heavy atom. The van der Waals surface area contributed by atoms with E-state index in [2.05, 4.69) is 10.3 Å². The molecule has 0 saturated heterocycles. The smallest absolute Gasteiger partial charge is 0.273 e. The van der Waals surface area contributed by atoms with Gasteiger partial charge in [0.25, 0.3) is 5.91 Å². The summed E-state index contributed by atoms with van der Waals surface area (Å²) in [6, 6.07) is 12.2. The van der Waals surface area contributed by atoms with Crippen molar-refractivity contribution in [1.82, 2.24) is 9.38 Å². The molecule has 4 rings (SSSR count). The molecular formula is C20H16FN3O2S. The van der Waals surface area contributed by atoms with Gasteiger partial charge in [-0.1, -0.05) is 18.2 Å². The summed E-state index contributed by atoms with van der Waals surface area (Å²) in [6.07, 6.45) is 1.81. The molecule has 0 saturated carbocycles. The van der Waals surface area contributed by atoms with E-state index in [4.69, 9.17) is 4.74 Å². The normalized spacial score (nSPS) is 10.9. The van der Waals surface area contributed by atoms with Crippen molar-refractivity contribution in [3.63, 3.8) is 0 Å². The van der Waals surface area contributed by atoms with Crippen LogP contribution in [0.5, 0.6) is 5.75 Å². The summed E-state index contributed by atoms with van der Waals surface area (Å²) < 4.78 is 20.7. The molecule has 0 fully saturated rings. The third kappa shape index (κ3) is 3.29. The van der Waals surface area contributed by atoms with Gasteiger partial charge >= 0.3 is 0 Å². The van der Waals surface area contributed by atoms with Crippen molar-refractivity contribution in [2.45, 2.75) is 6.92 Å². The van der Waals surface area contributed by atoms with Crippen LogP contribution in [-0.2, 0) is 0 Å². The minimum atomic E-state index is -0.355. The lowest BCUT2D eigenvalue weighted by Crippen LogP contribution is -2.14. The number of hydrogen-bond donors (Lipinski definition) is 1. The summed E-state index contributed by atoms with van der Waals surface area (Å²) in [4.78, 5) is 17.9. The molecule has 5 nitrogen and oxygen atoms in total. The van der Waals surface area contributed by atoms with Gasteiger partial charge in [0.15, 0.2) is 4.96 Å². The zero-order chi connectivity index (χ0) is 19.0. The van der Waals surface area contributed by atoms with Gasteiger partial charge in [-0.05, 0) is 36.8 Å². The molecule has 0 bridgehead atoms. The van der Waals surface area contributed by atoms with Crippen LogP contribution in [0.15, 0.2) is 54.0 Å². The van der Waals surface area contributed by atoms with Crippen molar-refractivity contribution >= 4 is 27.9 Å². The molecule has 4 aromatic rings. The molecule has 27 heavy (non-hydrogen) atoms. The molecule has 1 N–H and O–H groups in total. The number of carbonyl (C=O) groups is 1. The molecule has 0 aliphatic rings. The van der Waals surface area contributed by atoms with E-state index in [9.17, 15) is 9.18 Å². The Morgan fingerprint density at radius 2 is 2.11 bits per heavy atom. The van der Waals surface area contributed by atoms with Crippen LogP contribution in [0.25, 0.3) is 16.2 Å². The molecule has 0 atom stereocenters. The molecule has 136 valence electrons. The van der Waals surface area contributed by atoms with E-state index < -0.39 is 0 Å². The van der Waals surface area contributed by atoms with Crippen molar-refractivity contribution in [3.8, 4) is 17.0 Å². The summed E-state index contributed by atoms with van der Waals surface area (Å²) >= 11 is 1.37. The number of fused-ring (bicyclic) bond motifs is 1. The standard InChI is InChI=1S/C20H16FN3O2S/c1-12-6-7-14(9-16(12)21)22-19(25)18-11-27-20-23-17(10-24(18)20)13-4-3-5-15(8-13)26-2/h3-11H,1-2H3,(H,22,25). The van der Waals surface area contributed by atoms with Crippen molar-refractivity contribution < 1.29 is 13.9 Å². The zero-order valence-corrected chi connectivity index (χ0v) is 15.5. The number of rotatable bonds is 4. The maximum Gasteiger partial charge on any atom is 0.273 e. The lowest BCUT2D eigenvalue weighted by atomic mass is 10.1. The predicted molar refractivity (Wildman–Crippen MR) is 104 cm³/mol. The summed E-state index contributed by atoms with van der Waals surface area (Å²) in [7, 11) is 1.61. The maximum atomic E-state index is 13.7. The summed E-state index contributed by atoms with van der Waals surface area (Å²) in [5, 5.41) is 4.46. The number of aromatic nitrogens is 2. The molecule has 2 aromatic carbocycles. The second-order valence-electron chi connectivity index (χ2n) is 6.05. The van der Waals surface area contributed by atoms with Crippen molar-refractivity contribution in [3.05, 3.63) is 71.1 Å². The topological polar surface area (TPSA) is 55.6 Å². The van der Waals surface area contributed by atoms with E-state index in [1.807, 2.05) is 30.5 Å². The highest BCUT2D eigenvalue weighted by atomic mass is 32.1. The van der Waals surface area contributed by atoms with Gasteiger partial charge < -0.3 is 10.1 Å². The number of amides is 1. The minimum absolute atomic E-state index is 0.320. The second kappa shape index (κ2) is 6.85. The van der Waals surface area contributed by atoms with E-state index in [1.54, 1.807) is 35.9 Å². The fourth-order valence-corrected chi connectivity index (χ4v) is 3.59. The Bertz CT molecular complexity index is 1150. The highest BCUT2D eigenvalue weighted by molar-refractivity contribution is 7.15. The Hall–Kier alpha value is -3.19. The van der Waals surface area contributed by atoms with Gasteiger partial charge in [-0.2, -0.15) is 0 Å². The number of nitrogens with one attached hydrogen (secondary N) is 1. The van der Waals surface area contributed by atoms with E-state index in [0.717, 1.165) is 17.0 Å². The predicted octanol–water partition coefficient (Wildman–Crippen LogP) is 4.77. The summed E-state index contributed by atoms with van der Waals surface area (Å²) in [6.45, 7) is 1.68. The van der Waals surface area contributed by atoms with Crippen LogP contribution in [0, 0.1) is 12.7 Å². The Labute approximate surface area is 159 Å². The van der Waals surface area contributed by atoms with Crippen LogP contribution in [0.3, 0.4) is 0 Å². The number of carbonyl (C=O) groups excluding carboxylic acids is 1. The van der Waals surface area contributed by atoms with Gasteiger partial charge in [0.1, 0.15) is 17.3 Å². The SMILES string of the molecule is COc1cccc(-c2cn3c(C(=O)Nc4ccc(C)c(F)c4)csc3n2)c1. The average molecular weight is 381 g/mol. The molecule has 0 spiro atoms. The quantitative estimate of drug-likeness (QED) is 0.554. The Kier molecular flexibility index (Phi) is 4.37. The fraction of sp³-hybridized carbons (Fsp3) is 0.100. The largest absolute Gasteiger partial charge is 0.497 e. The van der Waals surface area contributed by atoms with Gasteiger partial charge in [0.2, 0.25) is 0 Å². The third-order valence-electron chi connectivity index (χ3n) is 4.24. The Balaban J connectivity index is 1.65. The van der Waals surface area contributed by atoms with E-state index >= 15 is 0 Å². The molecule has 2 aromatic heterocycles. The van der Waals surface area contributed by atoms with E-state index in [1.165, 1.54) is 17.4 Å². The Morgan fingerprint density at radius 3 is 2.89 bits per heavy atom. The number of anilines is 1.